The van der Waals surface area contributed by atoms with Crippen molar-refractivity contribution in [2.24, 2.45) is 0 Å². The molecule has 0 bridgehead atoms. The number of ether oxygens (including phenoxy) is 3. The molecule has 6 nitrogen and oxygen atoms in total. The van der Waals surface area contributed by atoms with E-state index in [1.165, 1.54) is 218 Å². The summed E-state index contributed by atoms with van der Waals surface area (Å²) in [5, 5.41) is 0. The van der Waals surface area contributed by atoms with Gasteiger partial charge >= 0.3 is 17.9 Å². The van der Waals surface area contributed by atoms with Crippen molar-refractivity contribution in [2.45, 2.75) is 354 Å². The van der Waals surface area contributed by atoms with Gasteiger partial charge in [-0.05, 0) is 89.9 Å². The lowest BCUT2D eigenvalue weighted by molar-refractivity contribution is -0.167. The van der Waals surface area contributed by atoms with E-state index in [9.17, 15) is 14.4 Å². The molecule has 6 heteroatoms. The van der Waals surface area contributed by atoms with Gasteiger partial charge in [0.15, 0.2) is 6.10 Å². The number of carbonyl (C=O) groups is 3. The molecule has 0 aliphatic rings. The molecule has 0 aromatic heterocycles. The van der Waals surface area contributed by atoms with Gasteiger partial charge in [0.1, 0.15) is 13.2 Å². The number of hydrogen-bond acceptors (Lipinski definition) is 6. The minimum absolute atomic E-state index is 0.0856. The maximum absolute atomic E-state index is 12.9. The summed E-state index contributed by atoms with van der Waals surface area (Å²) in [4.78, 5) is 38.4. The van der Waals surface area contributed by atoms with Gasteiger partial charge < -0.3 is 14.2 Å². The van der Waals surface area contributed by atoms with Gasteiger partial charge in [-0.2, -0.15) is 0 Å². The van der Waals surface area contributed by atoms with E-state index in [1.807, 2.05) is 0 Å². The van der Waals surface area contributed by atoms with E-state index in [1.54, 1.807) is 0 Å². The Bertz CT molecular complexity index is 1440. The van der Waals surface area contributed by atoms with Gasteiger partial charge in [-0.25, -0.2) is 0 Å². The van der Waals surface area contributed by atoms with Crippen LogP contribution in [0.2, 0.25) is 0 Å². The highest BCUT2D eigenvalue weighted by molar-refractivity contribution is 5.71. The Hall–Kier alpha value is -3.15. The summed E-state index contributed by atoms with van der Waals surface area (Å²) in [6.07, 6.45) is 86.4. The van der Waals surface area contributed by atoms with Crippen molar-refractivity contribution in [2.75, 3.05) is 13.2 Å². The second kappa shape index (κ2) is 66.4. The third kappa shape index (κ3) is 63.7. The summed E-state index contributed by atoms with van der Waals surface area (Å²) < 4.78 is 16.9. The summed E-state index contributed by atoms with van der Waals surface area (Å²) >= 11 is 0. The maximum atomic E-state index is 12.9. The van der Waals surface area contributed by atoms with Gasteiger partial charge in [0.25, 0.3) is 0 Å². The van der Waals surface area contributed by atoms with Gasteiger partial charge in [0, 0.05) is 19.3 Å². The van der Waals surface area contributed by atoms with Crippen LogP contribution in [0.4, 0.5) is 0 Å². The Morgan fingerprint density at radius 1 is 0.269 bits per heavy atom. The molecule has 0 aliphatic carbocycles. The summed E-state index contributed by atoms with van der Waals surface area (Å²) in [6, 6.07) is 0. The number of allylic oxidation sites excluding steroid dienone is 12. The molecule has 0 aromatic carbocycles. The second-order valence-corrected chi connectivity index (χ2v) is 22.7. The fraction of sp³-hybridized carbons (Fsp3) is 0.792. The smallest absolute Gasteiger partial charge is 0.306 e. The Labute approximate surface area is 484 Å². The summed E-state index contributed by atoms with van der Waals surface area (Å²) in [5.41, 5.74) is 0. The first kappa shape index (κ1) is 74.8. The molecule has 78 heavy (non-hydrogen) atoms. The third-order valence-corrected chi connectivity index (χ3v) is 14.9. The average molecular weight is 1090 g/mol. The van der Waals surface area contributed by atoms with Crippen molar-refractivity contribution in [3.63, 3.8) is 0 Å². The molecule has 452 valence electrons. The lowest BCUT2D eigenvalue weighted by Crippen LogP contribution is -2.30. The molecule has 0 amide bonds. The zero-order valence-electron chi connectivity index (χ0n) is 51.9. The van der Waals surface area contributed by atoms with E-state index in [4.69, 9.17) is 14.2 Å². The Morgan fingerprint density at radius 3 is 0.808 bits per heavy atom. The third-order valence-electron chi connectivity index (χ3n) is 14.9. The standard InChI is InChI=1S/C72H128O6/c1-4-7-10-13-16-19-22-25-28-30-32-34-35-36-37-38-40-41-44-47-50-53-56-59-62-65-71(74)77-68-69(67-76-70(73)64-61-58-55-52-49-46-43-27-24-21-18-15-12-9-6-3)78-72(75)66-63-60-57-54-51-48-45-42-39-33-31-29-26-23-20-17-14-11-8-5-2/h9,12,18,21-22,25,27,30,32,43,49,52,69H,4-8,10-11,13-17,19-20,23-24,26,28-29,31,33-42,44-48,50-51,53-68H2,1-3H3/b12-9-,21-18-,25-22-,32-30-,43-27-,52-49-. The van der Waals surface area contributed by atoms with Crippen LogP contribution in [0.1, 0.15) is 348 Å². The van der Waals surface area contributed by atoms with Crippen LogP contribution in [-0.2, 0) is 28.6 Å². The van der Waals surface area contributed by atoms with E-state index in [0.717, 1.165) is 89.9 Å². The van der Waals surface area contributed by atoms with Crippen LogP contribution in [0, 0.1) is 0 Å². The second-order valence-electron chi connectivity index (χ2n) is 22.7. The number of esters is 3. The van der Waals surface area contributed by atoms with Crippen LogP contribution in [0.25, 0.3) is 0 Å². The topological polar surface area (TPSA) is 78.9 Å². The van der Waals surface area contributed by atoms with E-state index in [2.05, 4.69) is 93.7 Å². The molecule has 0 saturated carbocycles. The molecular weight excluding hydrogens is 961 g/mol. The molecule has 0 rings (SSSR count). The highest BCUT2D eigenvalue weighted by Crippen LogP contribution is 2.18. The Balaban J connectivity index is 4.32. The summed E-state index contributed by atoms with van der Waals surface area (Å²) in [7, 11) is 0. The van der Waals surface area contributed by atoms with Gasteiger partial charge in [-0.1, -0.05) is 312 Å². The van der Waals surface area contributed by atoms with Crippen LogP contribution in [0.5, 0.6) is 0 Å². The predicted molar refractivity (Wildman–Crippen MR) is 339 cm³/mol. The maximum Gasteiger partial charge on any atom is 0.306 e. The average Bonchev–Trinajstić information content (AvgIpc) is 3.44. The van der Waals surface area contributed by atoms with Gasteiger partial charge in [0.2, 0.25) is 0 Å². The van der Waals surface area contributed by atoms with Crippen LogP contribution in [0.15, 0.2) is 72.9 Å². The number of hydrogen-bond donors (Lipinski definition) is 0. The normalized spacial score (nSPS) is 12.5. The molecule has 0 N–H and O–H groups in total. The monoisotopic (exact) mass is 1090 g/mol. The van der Waals surface area contributed by atoms with Gasteiger partial charge in [0.05, 0.1) is 0 Å². The first-order valence-electron chi connectivity index (χ1n) is 33.9. The summed E-state index contributed by atoms with van der Waals surface area (Å²) in [6.45, 7) is 6.53. The number of rotatable bonds is 62. The Morgan fingerprint density at radius 2 is 0.500 bits per heavy atom. The molecule has 0 radical (unpaired) electrons. The number of unbranched alkanes of at least 4 members (excludes halogenated alkanes) is 39. The van der Waals surface area contributed by atoms with Crippen molar-refractivity contribution < 1.29 is 28.6 Å². The quantitative estimate of drug-likeness (QED) is 0.0261. The minimum atomic E-state index is -0.792. The van der Waals surface area contributed by atoms with E-state index in [0.29, 0.717) is 19.3 Å². The molecule has 1 unspecified atom stereocenters. The van der Waals surface area contributed by atoms with Crippen molar-refractivity contribution >= 4 is 17.9 Å². The highest BCUT2D eigenvalue weighted by Gasteiger charge is 2.19. The van der Waals surface area contributed by atoms with Crippen LogP contribution in [-0.4, -0.2) is 37.2 Å². The summed E-state index contributed by atoms with van der Waals surface area (Å²) in [5.74, 6) is -0.910. The molecule has 0 aromatic rings. The van der Waals surface area contributed by atoms with Gasteiger partial charge in [-0.15, -0.1) is 0 Å². The molecule has 0 heterocycles. The van der Waals surface area contributed by atoms with Gasteiger partial charge in [-0.3, -0.25) is 14.4 Å². The van der Waals surface area contributed by atoms with Crippen LogP contribution < -0.4 is 0 Å². The lowest BCUT2D eigenvalue weighted by Gasteiger charge is -2.18. The first-order valence-corrected chi connectivity index (χ1v) is 33.9. The molecule has 0 aliphatic heterocycles. The fourth-order valence-corrected chi connectivity index (χ4v) is 9.88. The van der Waals surface area contributed by atoms with E-state index in [-0.39, 0.29) is 31.1 Å². The highest BCUT2D eigenvalue weighted by atomic mass is 16.6. The molecule has 0 fully saturated rings. The number of carbonyl (C=O) groups excluding carboxylic acids is 3. The molecular formula is C72H128O6. The molecule has 0 spiro atoms. The largest absolute Gasteiger partial charge is 0.462 e. The first-order chi connectivity index (χ1) is 38.5. The zero-order valence-corrected chi connectivity index (χ0v) is 51.9. The zero-order chi connectivity index (χ0) is 56.4. The van der Waals surface area contributed by atoms with E-state index >= 15 is 0 Å². The Kier molecular flexibility index (Phi) is 63.7. The van der Waals surface area contributed by atoms with Crippen molar-refractivity contribution in [3.8, 4) is 0 Å². The van der Waals surface area contributed by atoms with Crippen molar-refractivity contribution in [3.05, 3.63) is 72.9 Å². The lowest BCUT2D eigenvalue weighted by atomic mass is 10.0. The molecule has 0 saturated heterocycles. The van der Waals surface area contributed by atoms with Crippen LogP contribution >= 0.6 is 0 Å². The van der Waals surface area contributed by atoms with Crippen LogP contribution in [0.3, 0.4) is 0 Å². The van der Waals surface area contributed by atoms with E-state index < -0.39 is 6.10 Å². The SMILES string of the molecule is CC/C=C\C/C=C\C/C=C\C/C=C\CCCCC(=O)OCC(COC(=O)CCCCCCCCCCCCCCC/C=C\C/C=C\CCCCCCC)OC(=O)CCCCCCCCCCCCCCCCCCCCCC. The minimum Gasteiger partial charge on any atom is -0.462 e. The predicted octanol–water partition coefficient (Wildman–Crippen LogP) is 23.3. The fourth-order valence-electron chi connectivity index (χ4n) is 9.88. The van der Waals surface area contributed by atoms with Crippen molar-refractivity contribution in [1.29, 1.82) is 0 Å². The molecule has 1 atom stereocenters. The van der Waals surface area contributed by atoms with Crippen molar-refractivity contribution in [1.82, 2.24) is 0 Å².